The predicted molar refractivity (Wildman–Crippen MR) is 60.8 cm³/mol. The van der Waals surface area contributed by atoms with E-state index in [0.29, 0.717) is 0 Å². The van der Waals surface area contributed by atoms with Gasteiger partial charge in [0.25, 0.3) is 0 Å². The molecule has 1 aromatic heterocycles. The van der Waals surface area contributed by atoms with Crippen molar-refractivity contribution in [3.63, 3.8) is 0 Å². The first kappa shape index (κ1) is 9.47. The van der Waals surface area contributed by atoms with Gasteiger partial charge in [-0.3, -0.25) is 4.98 Å². The average molecular weight is 206 g/mol. The van der Waals surface area contributed by atoms with Gasteiger partial charge in [0.05, 0.1) is 5.52 Å². The number of alkyl halides is 1. The van der Waals surface area contributed by atoms with Crippen LogP contribution in [-0.4, -0.2) is 10.4 Å². The zero-order chi connectivity index (χ0) is 9.97. The Hall–Kier alpha value is -1.08. The van der Waals surface area contributed by atoms with Crippen molar-refractivity contribution in [2.45, 2.75) is 18.7 Å². The molecule has 1 atom stereocenters. The van der Waals surface area contributed by atoms with Gasteiger partial charge in [-0.15, -0.1) is 11.6 Å². The Morgan fingerprint density at radius 2 is 2.21 bits per heavy atom. The number of halogens is 1. The lowest BCUT2D eigenvalue weighted by Crippen LogP contribution is -1.96. The summed E-state index contributed by atoms with van der Waals surface area (Å²) in [5.41, 5.74) is 2.31. The lowest BCUT2D eigenvalue weighted by molar-refractivity contribution is 0.933. The zero-order valence-electron chi connectivity index (χ0n) is 8.07. The van der Waals surface area contributed by atoms with Crippen LogP contribution in [0.5, 0.6) is 0 Å². The first-order chi connectivity index (χ1) is 6.75. The van der Waals surface area contributed by atoms with Gasteiger partial charge in [0.1, 0.15) is 0 Å². The fourth-order valence-corrected chi connectivity index (χ4v) is 1.76. The van der Waals surface area contributed by atoms with E-state index in [-0.39, 0.29) is 5.38 Å². The molecule has 0 radical (unpaired) electrons. The number of hydrogen-bond acceptors (Lipinski definition) is 1. The Kier molecular flexibility index (Phi) is 2.69. The van der Waals surface area contributed by atoms with Crippen LogP contribution in [0, 0.1) is 0 Å². The molecule has 0 spiro atoms. The smallest absolute Gasteiger partial charge is 0.0702 e. The zero-order valence-corrected chi connectivity index (χ0v) is 8.83. The van der Waals surface area contributed by atoms with Crippen LogP contribution < -0.4 is 0 Å². The number of aromatic nitrogens is 1. The highest BCUT2D eigenvalue weighted by molar-refractivity contribution is 6.20. The van der Waals surface area contributed by atoms with E-state index < -0.39 is 0 Å². The molecule has 2 aromatic rings. The summed E-state index contributed by atoms with van der Waals surface area (Å²) >= 11 is 5.95. The summed E-state index contributed by atoms with van der Waals surface area (Å²) in [6.07, 6.45) is 2.72. The molecule has 72 valence electrons. The van der Waals surface area contributed by atoms with Crippen LogP contribution in [-0.2, 0) is 6.42 Å². The Labute approximate surface area is 88.7 Å². The third-order valence-corrected chi connectivity index (χ3v) is 2.34. The molecule has 1 nitrogen and oxygen atoms in total. The van der Waals surface area contributed by atoms with Crippen molar-refractivity contribution < 1.29 is 0 Å². The van der Waals surface area contributed by atoms with Crippen molar-refractivity contribution in [3.8, 4) is 0 Å². The summed E-state index contributed by atoms with van der Waals surface area (Å²) in [5.74, 6) is 0. The fraction of sp³-hybridized carbons (Fsp3) is 0.250. The summed E-state index contributed by atoms with van der Waals surface area (Å²) in [7, 11) is 0. The standard InChI is InChI=1S/C12H12ClN/c1-9(13)7-10-4-5-12-11(8-10)3-2-6-14-12/h2-6,8-9H,7H2,1H3. The van der Waals surface area contributed by atoms with Gasteiger partial charge in [-0.2, -0.15) is 0 Å². The first-order valence-corrected chi connectivity index (χ1v) is 5.17. The van der Waals surface area contributed by atoms with Crippen LogP contribution >= 0.6 is 11.6 Å². The van der Waals surface area contributed by atoms with E-state index in [4.69, 9.17) is 11.6 Å². The summed E-state index contributed by atoms with van der Waals surface area (Å²) < 4.78 is 0. The molecule has 0 saturated carbocycles. The van der Waals surface area contributed by atoms with Gasteiger partial charge in [-0.25, -0.2) is 0 Å². The second-order valence-corrected chi connectivity index (χ2v) is 4.26. The van der Waals surface area contributed by atoms with Gasteiger partial charge >= 0.3 is 0 Å². The molecule has 0 bridgehead atoms. The third kappa shape index (κ3) is 2.05. The Bertz CT molecular complexity index is 437. The minimum absolute atomic E-state index is 0.184. The quantitative estimate of drug-likeness (QED) is 0.685. The molecule has 1 aromatic carbocycles. The minimum Gasteiger partial charge on any atom is -0.256 e. The number of rotatable bonds is 2. The largest absolute Gasteiger partial charge is 0.256 e. The Balaban J connectivity index is 2.41. The predicted octanol–water partition coefficient (Wildman–Crippen LogP) is 3.40. The van der Waals surface area contributed by atoms with E-state index in [2.05, 4.69) is 23.2 Å². The van der Waals surface area contributed by atoms with E-state index >= 15 is 0 Å². The molecular weight excluding hydrogens is 194 g/mol. The average Bonchev–Trinajstić information content (AvgIpc) is 2.17. The van der Waals surface area contributed by atoms with Crippen LogP contribution in [0.15, 0.2) is 36.5 Å². The first-order valence-electron chi connectivity index (χ1n) is 4.73. The molecule has 0 amide bonds. The molecule has 0 aliphatic rings. The monoisotopic (exact) mass is 205 g/mol. The van der Waals surface area contributed by atoms with E-state index in [9.17, 15) is 0 Å². The van der Waals surface area contributed by atoms with E-state index in [1.165, 1.54) is 10.9 Å². The maximum Gasteiger partial charge on any atom is 0.0702 e. The van der Waals surface area contributed by atoms with Crippen molar-refractivity contribution in [2.75, 3.05) is 0 Å². The second-order valence-electron chi connectivity index (χ2n) is 3.52. The fourth-order valence-electron chi connectivity index (χ4n) is 1.58. The molecule has 0 N–H and O–H groups in total. The van der Waals surface area contributed by atoms with Crippen LogP contribution in [0.25, 0.3) is 10.9 Å². The lowest BCUT2D eigenvalue weighted by Gasteiger charge is -2.04. The van der Waals surface area contributed by atoms with Crippen LogP contribution in [0.3, 0.4) is 0 Å². The highest BCUT2D eigenvalue weighted by atomic mass is 35.5. The van der Waals surface area contributed by atoms with E-state index in [0.717, 1.165) is 11.9 Å². The minimum atomic E-state index is 0.184. The van der Waals surface area contributed by atoms with E-state index in [1.807, 2.05) is 25.3 Å². The third-order valence-electron chi connectivity index (χ3n) is 2.18. The van der Waals surface area contributed by atoms with Gasteiger partial charge in [0, 0.05) is 17.0 Å². The molecule has 1 unspecified atom stereocenters. The van der Waals surface area contributed by atoms with Crippen molar-refractivity contribution >= 4 is 22.5 Å². The molecule has 1 heterocycles. The van der Waals surface area contributed by atoms with Crippen LogP contribution in [0.1, 0.15) is 12.5 Å². The van der Waals surface area contributed by atoms with Gasteiger partial charge in [-0.1, -0.05) is 12.1 Å². The molecule has 0 saturated heterocycles. The van der Waals surface area contributed by atoms with Gasteiger partial charge < -0.3 is 0 Å². The number of fused-ring (bicyclic) bond motifs is 1. The van der Waals surface area contributed by atoms with Crippen molar-refractivity contribution in [2.24, 2.45) is 0 Å². The van der Waals surface area contributed by atoms with Crippen molar-refractivity contribution in [3.05, 3.63) is 42.1 Å². The number of pyridine rings is 1. The Morgan fingerprint density at radius 3 is 3.00 bits per heavy atom. The lowest BCUT2D eigenvalue weighted by atomic mass is 10.1. The summed E-state index contributed by atoms with van der Waals surface area (Å²) in [4.78, 5) is 4.27. The molecule has 0 aliphatic carbocycles. The van der Waals surface area contributed by atoms with Crippen LogP contribution in [0.4, 0.5) is 0 Å². The van der Waals surface area contributed by atoms with Crippen molar-refractivity contribution in [1.82, 2.24) is 4.98 Å². The highest BCUT2D eigenvalue weighted by Gasteiger charge is 2.00. The molecule has 2 heteroatoms. The van der Waals surface area contributed by atoms with Gasteiger partial charge in [0.15, 0.2) is 0 Å². The molecule has 14 heavy (non-hydrogen) atoms. The molecule has 2 rings (SSSR count). The van der Waals surface area contributed by atoms with Gasteiger partial charge in [-0.05, 0) is 37.1 Å². The van der Waals surface area contributed by atoms with Gasteiger partial charge in [0.2, 0.25) is 0 Å². The number of hydrogen-bond donors (Lipinski definition) is 0. The van der Waals surface area contributed by atoms with Crippen molar-refractivity contribution in [1.29, 1.82) is 0 Å². The molecule has 0 aliphatic heterocycles. The molecule has 0 fully saturated rings. The topological polar surface area (TPSA) is 12.9 Å². The maximum absolute atomic E-state index is 5.95. The summed E-state index contributed by atoms with van der Waals surface area (Å²) in [5, 5.41) is 1.37. The SMILES string of the molecule is CC(Cl)Cc1ccc2ncccc2c1. The van der Waals surface area contributed by atoms with E-state index in [1.54, 1.807) is 0 Å². The highest BCUT2D eigenvalue weighted by Crippen LogP contribution is 2.15. The second kappa shape index (κ2) is 3.97. The number of nitrogens with zero attached hydrogens (tertiary/aromatic N) is 1. The maximum atomic E-state index is 5.95. The Morgan fingerprint density at radius 1 is 1.36 bits per heavy atom. The normalized spacial score (nSPS) is 13.0. The van der Waals surface area contributed by atoms with Crippen LogP contribution in [0.2, 0.25) is 0 Å². The molecular formula is C12H12ClN. The summed E-state index contributed by atoms with van der Waals surface area (Å²) in [6.45, 7) is 2.01. The number of benzene rings is 1. The summed E-state index contributed by atoms with van der Waals surface area (Å²) in [6, 6.07) is 10.3.